The Kier molecular flexibility index (Phi) is 10.3. The van der Waals surface area contributed by atoms with Crippen LogP contribution in [0.2, 0.25) is 5.02 Å². The molecule has 3 aromatic carbocycles. The summed E-state index contributed by atoms with van der Waals surface area (Å²) in [5.41, 5.74) is 3.04. The highest BCUT2D eigenvalue weighted by Crippen LogP contribution is 2.36. The number of carbonyl (C=O) groups excluding carboxylic acids is 1. The largest absolute Gasteiger partial charge is 0.491 e. The zero-order valence-corrected chi connectivity index (χ0v) is 29.7. The number of nitrogens with zero attached hydrogens (tertiary/aromatic N) is 2. The van der Waals surface area contributed by atoms with Crippen molar-refractivity contribution in [3.63, 3.8) is 0 Å². The van der Waals surface area contributed by atoms with Gasteiger partial charge in [0.25, 0.3) is 5.56 Å². The predicted molar refractivity (Wildman–Crippen MR) is 185 cm³/mol. The summed E-state index contributed by atoms with van der Waals surface area (Å²) >= 11 is 13.1. The van der Waals surface area contributed by atoms with Crippen molar-refractivity contribution in [3.05, 3.63) is 121 Å². The number of allylic oxidation sites excluding steroid dienone is 1. The van der Waals surface area contributed by atoms with Crippen molar-refractivity contribution in [2.75, 3.05) is 6.61 Å². The van der Waals surface area contributed by atoms with Crippen molar-refractivity contribution in [3.8, 4) is 11.5 Å². The number of hydrogen-bond acceptors (Lipinski definition) is 7. The Labute approximate surface area is 286 Å². The lowest BCUT2D eigenvalue weighted by Crippen LogP contribution is -2.40. The van der Waals surface area contributed by atoms with E-state index in [4.69, 9.17) is 25.8 Å². The molecule has 44 heavy (non-hydrogen) atoms. The minimum Gasteiger partial charge on any atom is -0.491 e. The maximum absolute atomic E-state index is 14.1. The zero-order chi connectivity index (χ0) is 31.5. The first kappa shape index (κ1) is 32.5. The zero-order valence-electron chi connectivity index (χ0n) is 24.4. The molecule has 0 aliphatic carbocycles. The summed E-state index contributed by atoms with van der Waals surface area (Å²) in [5, 5.41) is 0.672. The van der Waals surface area contributed by atoms with Gasteiger partial charge in [0.1, 0.15) is 24.1 Å². The summed E-state index contributed by atoms with van der Waals surface area (Å²) < 4.78 is 21.3. The molecule has 0 saturated heterocycles. The predicted octanol–water partition coefficient (Wildman–Crippen LogP) is 7.19. The van der Waals surface area contributed by atoms with Gasteiger partial charge in [0.2, 0.25) is 0 Å². The maximum atomic E-state index is 14.1. The molecule has 0 N–H and O–H groups in total. The van der Waals surface area contributed by atoms with Gasteiger partial charge in [-0.1, -0.05) is 53.3 Å². The summed E-state index contributed by atoms with van der Waals surface area (Å²) in [5.74, 6) is 0.780. The van der Waals surface area contributed by atoms with E-state index in [1.54, 1.807) is 18.4 Å². The van der Waals surface area contributed by atoms with Crippen molar-refractivity contribution in [1.82, 2.24) is 4.57 Å². The van der Waals surface area contributed by atoms with Gasteiger partial charge in [-0.05, 0) is 114 Å². The number of ether oxygens (including phenoxy) is 3. The van der Waals surface area contributed by atoms with Gasteiger partial charge in [0.15, 0.2) is 4.80 Å². The number of para-hydroxylation sites is 1. The van der Waals surface area contributed by atoms with Crippen LogP contribution in [0, 0.1) is 3.57 Å². The molecule has 0 amide bonds. The van der Waals surface area contributed by atoms with E-state index in [1.807, 2.05) is 80.6 Å². The quantitative estimate of drug-likeness (QED) is 0.132. The van der Waals surface area contributed by atoms with E-state index in [-0.39, 0.29) is 18.3 Å². The summed E-state index contributed by atoms with van der Waals surface area (Å²) in [4.78, 5) is 32.6. The number of benzene rings is 3. The van der Waals surface area contributed by atoms with Crippen molar-refractivity contribution >= 4 is 73.5 Å². The lowest BCUT2D eigenvalue weighted by Gasteiger charge is -2.26. The molecule has 2 heterocycles. The fourth-order valence-corrected chi connectivity index (χ4v) is 7.78. The Morgan fingerprint density at radius 3 is 2.59 bits per heavy atom. The third-order valence-corrected chi connectivity index (χ3v) is 9.33. The highest BCUT2D eigenvalue weighted by molar-refractivity contribution is 14.1. The Morgan fingerprint density at radius 1 is 1.18 bits per heavy atom. The second-order valence-corrected chi connectivity index (χ2v) is 13.7. The molecule has 11 heteroatoms. The molecule has 228 valence electrons. The molecule has 0 spiro atoms. The van der Waals surface area contributed by atoms with Gasteiger partial charge >= 0.3 is 5.97 Å². The minimum atomic E-state index is -0.766. The van der Waals surface area contributed by atoms with Crippen LogP contribution < -0.4 is 24.4 Å². The maximum Gasteiger partial charge on any atom is 0.338 e. The van der Waals surface area contributed by atoms with Gasteiger partial charge in [0.05, 0.1) is 36.6 Å². The van der Waals surface area contributed by atoms with Crippen molar-refractivity contribution in [2.24, 2.45) is 4.99 Å². The Hall–Kier alpha value is -2.93. The average Bonchev–Trinajstić information content (AvgIpc) is 3.26. The molecule has 0 fully saturated rings. The second kappa shape index (κ2) is 14.0. The van der Waals surface area contributed by atoms with Crippen LogP contribution in [0.15, 0.2) is 86.2 Å². The van der Waals surface area contributed by atoms with E-state index < -0.39 is 12.0 Å². The molecule has 1 aliphatic heterocycles. The van der Waals surface area contributed by atoms with Crippen LogP contribution in [-0.2, 0) is 16.1 Å². The van der Waals surface area contributed by atoms with Crippen LogP contribution in [0.4, 0.5) is 0 Å². The summed E-state index contributed by atoms with van der Waals surface area (Å²) in [6, 6.07) is 18.1. The van der Waals surface area contributed by atoms with E-state index in [0.717, 1.165) is 19.2 Å². The van der Waals surface area contributed by atoms with Crippen LogP contribution in [0.3, 0.4) is 0 Å². The molecule has 4 aromatic rings. The summed E-state index contributed by atoms with van der Waals surface area (Å²) in [6.45, 7) is 7.97. The lowest BCUT2D eigenvalue weighted by atomic mass is 9.95. The number of rotatable bonds is 9. The molecule has 1 aromatic heterocycles. The van der Waals surface area contributed by atoms with E-state index in [2.05, 4.69) is 43.5 Å². The van der Waals surface area contributed by atoms with E-state index >= 15 is 0 Å². The Morgan fingerprint density at radius 2 is 1.91 bits per heavy atom. The first-order chi connectivity index (χ1) is 21.1. The Balaban J connectivity index is 1.58. The van der Waals surface area contributed by atoms with Gasteiger partial charge in [0, 0.05) is 10.6 Å². The summed E-state index contributed by atoms with van der Waals surface area (Å²) in [7, 11) is 0. The number of hydrogen-bond donors (Lipinski definition) is 0. The van der Waals surface area contributed by atoms with Crippen molar-refractivity contribution in [1.29, 1.82) is 0 Å². The van der Waals surface area contributed by atoms with Gasteiger partial charge in [-0.3, -0.25) is 9.36 Å². The van der Waals surface area contributed by atoms with Crippen LogP contribution in [0.1, 0.15) is 50.4 Å². The Bertz CT molecular complexity index is 1910. The van der Waals surface area contributed by atoms with E-state index in [9.17, 15) is 9.59 Å². The van der Waals surface area contributed by atoms with Crippen LogP contribution in [0.5, 0.6) is 11.5 Å². The smallest absolute Gasteiger partial charge is 0.338 e. The first-order valence-electron chi connectivity index (χ1n) is 13.9. The normalized spacial score (nSPS) is 14.8. The van der Waals surface area contributed by atoms with Crippen molar-refractivity contribution in [2.45, 2.75) is 46.4 Å². The third kappa shape index (κ3) is 6.98. The number of thiazole rings is 1. The molecule has 0 bridgehead atoms. The molecule has 7 nitrogen and oxygen atoms in total. The fourth-order valence-electron chi connectivity index (χ4n) is 4.84. The van der Waals surface area contributed by atoms with Gasteiger partial charge in [-0.25, -0.2) is 9.79 Å². The molecular weight excluding hydrogens is 779 g/mol. The molecule has 1 aliphatic rings. The van der Waals surface area contributed by atoms with E-state index in [1.165, 1.54) is 11.3 Å². The SMILES string of the molecule is CCOC(=O)C1=C(C)N=c2s/c(=C/c3cc(Br)c(OCc4ccc(Cl)cc4)c(I)c3)c(=O)n2[C@@H]1c1ccccc1OC(C)C. The van der Waals surface area contributed by atoms with Gasteiger partial charge in [-0.15, -0.1) is 0 Å². The number of carbonyl (C=O) groups is 1. The molecular formula is C33H29BrClIN2O5S. The number of halogens is 3. The van der Waals surface area contributed by atoms with Gasteiger partial charge in [-0.2, -0.15) is 0 Å². The van der Waals surface area contributed by atoms with E-state index in [0.29, 0.717) is 49.3 Å². The number of aromatic nitrogens is 1. The van der Waals surface area contributed by atoms with Crippen LogP contribution >= 0.6 is 61.5 Å². The number of esters is 1. The van der Waals surface area contributed by atoms with Crippen LogP contribution in [0.25, 0.3) is 6.08 Å². The van der Waals surface area contributed by atoms with Crippen LogP contribution in [-0.4, -0.2) is 23.2 Å². The first-order valence-corrected chi connectivity index (χ1v) is 17.0. The molecule has 1 atom stereocenters. The highest BCUT2D eigenvalue weighted by atomic mass is 127. The fraction of sp³-hybridized carbons (Fsp3) is 0.242. The van der Waals surface area contributed by atoms with Crippen molar-refractivity contribution < 1.29 is 19.0 Å². The second-order valence-electron chi connectivity index (χ2n) is 10.2. The minimum absolute atomic E-state index is 0.109. The molecule has 5 rings (SSSR count). The molecule has 0 saturated carbocycles. The summed E-state index contributed by atoms with van der Waals surface area (Å²) in [6.07, 6.45) is 1.72. The highest BCUT2D eigenvalue weighted by Gasteiger charge is 2.35. The third-order valence-electron chi connectivity index (χ3n) is 6.71. The molecule has 0 radical (unpaired) electrons. The average molecular weight is 808 g/mol. The lowest BCUT2D eigenvalue weighted by molar-refractivity contribution is -0.139. The topological polar surface area (TPSA) is 79.1 Å². The van der Waals surface area contributed by atoms with Gasteiger partial charge < -0.3 is 14.2 Å². The standard InChI is InChI=1S/C33H29BrClIN2O5S/c1-5-41-32(40)28-19(4)37-33-38(29(28)23-8-6-7-9-26(23)43-18(2)3)31(39)27(44-33)16-21-14-24(34)30(25(36)15-21)42-17-20-10-12-22(35)13-11-20/h6-16,18,29H,5,17H2,1-4H3/b27-16+/t29-/m1/s1. The monoisotopic (exact) mass is 806 g/mol. The molecule has 0 unspecified atom stereocenters. The number of fused-ring (bicyclic) bond motifs is 1.